The fraction of sp³-hybridized carbons (Fsp3) is 0.682. The van der Waals surface area contributed by atoms with Gasteiger partial charge < -0.3 is 20.3 Å². The van der Waals surface area contributed by atoms with E-state index >= 15 is 0 Å². The topological polar surface area (TPSA) is 52.1 Å². The summed E-state index contributed by atoms with van der Waals surface area (Å²) in [6, 6.07) is 8.86. The van der Waals surface area contributed by atoms with Gasteiger partial charge in [-0.3, -0.25) is 9.89 Å². The van der Waals surface area contributed by atoms with E-state index in [9.17, 15) is 0 Å². The summed E-state index contributed by atoms with van der Waals surface area (Å²) in [7, 11) is 3.57. The molecule has 2 aliphatic heterocycles. The zero-order valence-corrected chi connectivity index (χ0v) is 17.6. The highest BCUT2D eigenvalue weighted by atomic mass is 16.5. The molecular formula is C22H37N5O. The fourth-order valence-electron chi connectivity index (χ4n) is 4.27. The van der Waals surface area contributed by atoms with Gasteiger partial charge in [0.05, 0.1) is 13.2 Å². The van der Waals surface area contributed by atoms with Crippen LogP contribution in [0, 0.1) is 0 Å². The molecule has 1 aromatic rings. The summed E-state index contributed by atoms with van der Waals surface area (Å²) in [6.07, 6.45) is 6.64. The Kier molecular flexibility index (Phi) is 8.42. The number of hydrogen-bond donors (Lipinski definition) is 2. The van der Waals surface area contributed by atoms with Crippen LogP contribution in [0.3, 0.4) is 0 Å². The quantitative estimate of drug-likeness (QED) is 0.530. The summed E-state index contributed by atoms with van der Waals surface area (Å²) in [6.45, 7) is 7.70. The average Bonchev–Trinajstić information content (AvgIpc) is 3.28. The largest absolute Gasteiger partial charge is 0.497 e. The number of nitrogens with one attached hydrogen (secondary N) is 2. The third kappa shape index (κ3) is 6.11. The van der Waals surface area contributed by atoms with Crippen LogP contribution in [-0.4, -0.2) is 75.7 Å². The molecule has 0 radical (unpaired) electrons. The van der Waals surface area contributed by atoms with E-state index in [4.69, 9.17) is 4.74 Å². The zero-order valence-electron chi connectivity index (χ0n) is 17.6. The lowest BCUT2D eigenvalue weighted by Crippen LogP contribution is -2.45. The Labute approximate surface area is 170 Å². The molecule has 0 bridgehead atoms. The van der Waals surface area contributed by atoms with Crippen LogP contribution in [0.1, 0.15) is 43.7 Å². The number of ether oxygens (including phenoxy) is 1. The second-order valence-electron chi connectivity index (χ2n) is 7.81. The maximum absolute atomic E-state index is 5.32. The Morgan fingerprint density at radius 3 is 2.32 bits per heavy atom. The summed E-state index contributed by atoms with van der Waals surface area (Å²) >= 11 is 0. The van der Waals surface area contributed by atoms with Crippen molar-refractivity contribution in [3.63, 3.8) is 0 Å². The molecule has 2 N–H and O–H groups in total. The van der Waals surface area contributed by atoms with Crippen molar-refractivity contribution in [2.45, 2.75) is 38.1 Å². The molecule has 0 aromatic heterocycles. The summed E-state index contributed by atoms with van der Waals surface area (Å²) in [5.74, 6) is 1.81. The Morgan fingerprint density at radius 2 is 1.68 bits per heavy atom. The molecule has 0 spiro atoms. The second kappa shape index (κ2) is 11.3. The summed E-state index contributed by atoms with van der Waals surface area (Å²) in [4.78, 5) is 9.56. The van der Waals surface area contributed by atoms with Crippen LogP contribution in [0.25, 0.3) is 0 Å². The van der Waals surface area contributed by atoms with Crippen molar-refractivity contribution < 1.29 is 4.74 Å². The molecule has 0 saturated carbocycles. The molecule has 0 amide bonds. The van der Waals surface area contributed by atoms with E-state index < -0.39 is 0 Å². The second-order valence-corrected chi connectivity index (χ2v) is 7.81. The number of likely N-dealkylation sites (tertiary alicyclic amines) is 2. The first-order valence-corrected chi connectivity index (χ1v) is 10.8. The van der Waals surface area contributed by atoms with Gasteiger partial charge in [-0.2, -0.15) is 0 Å². The Morgan fingerprint density at radius 1 is 1.00 bits per heavy atom. The van der Waals surface area contributed by atoms with E-state index in [0.717, 1.165) is 31.3 Å². The van der Waals surface area contributed by atoms with Crippen molar-refractivity contribution in [1.82, 2.24) is 20.4 Å². The van der Waals surface area contributed by atoms with E-state index in [-0.39, 0.29) is 0 Å². The van der Waals surface area contributed by atoms with Gasteiger partial charge in [0.2, 0.25) is 0 Å². The average molecular weight is 388 g/mol. The number of benzene rings is 1. The lowest BCUT2D eigenvalue weighted by Gasteiger charge is -2.29. The van der Waals surface area contributed by atoms with Crippen LogP contribution in [0.4, 0.5) is 0 Å². The first-order valence-electron chi connectivity index (χ1n) is 10.8. The Bertz CT molecular complexity index is 591. The van der Waals surface area contributed by atoms with E-state index in [2.05, 4.69) is 49.7 Å². The van der Waals surface area contributed by atoms with Crippen LogP contribution in [-0.2, 0) is 0 Å². The molecule has 3 rings (SSSR count). The van der Waals surface area contributed by atoms with E-state index in [0.29, 0.717) is 6.04 Å². The minimum absolute atomic E-state index is 0.356. The van der Waals surface area contributed by atoms with E-state index in [1.165, 1.54) is 63.8 Å². The molecule has 1 aromatic carbocycles. The van der Waals surface area contributed by atoms with Gasteiger partial charge in [-0.25, -0.2) is 0 Å². The van der Waals surface area contributed by atoms with Crippen LogP contribution in [0.15, 0.2) is 29.3 Å². The van der Waals surface area contributed by atoms with Gasteiger partial charge in [-0.05, 0) is 69.6 Å². The molecule has 2 fully saturated rings. The summed E-state index contributed by atoms with van der Waals surface area (Å²) in [5, 5.41) is 7.05. The molecule has 0 aliphatic carbocycles. The number of rotatable bonds is 8. The summed E-state index contributed by atoms with van der Waals surface area (Å²) < 4.78 is 5.32. The highest BCUT2D eigenvalue weighted by molar-refractivity contribution is 5.79. The molecule has 6 nitrogen and oxygen atoms in total. The van der Waals surface area contributed by atoms with Crippen LogP contribution in [0.2, 0.25) is 0 Å². The predicted octanol–water partition coefficient (Wildman–Crippen LogP) is 2.48. The maximum Gasteiger partial charge on any atom is 0.191 e. The molecular weight excluding hydrogens is 350 g/mol. The van der Waals surface area contributed by atoms with Crippen molar-refractivity contribution in [2.75, 3.05) is 60.0 Å². The molecule has 2 aliphatic rings. The molecule has 2 heterocycles. The lowest BCUT2D eigenvalue weighted by atomic mass is 10.1. The number of nitrogens with zero attached hydrogens (tertiary/aromatic N) is 3. The van der Waals surface area contributed by atoms with Crippen LogP contribution in [0.5, 0.6) is 5.75 Å². The third-order valence-corrected chi connectivity index (χ3v) is 5.94. The van der Waals surface area contributed by atoms with Crippen LogP contribution < -0.4 is 15.4 Å². The molecule has 156 valence electrons. The van der Waals surface area contributed by atoms with Gasteiger partial charge in [0.15, 0.2) is 5.96 Å². The normalized spacial score (nSPS) is 20.1. The molecule has 2 saturated heterocycles. The van der Waals surface area contributed by atoms with Gasteiger partial charge in [0.1, 0.15) is 5.75 Å². The SMILES string of the molecule is CN=C(NCCN1CCCCC1)NCC(c1ccc(OC)cc1)N1CCCC1. The standard InChI is InChI=1S/C22H37N5O/c1-23-22(24-12-17-26-13-4-3-5-14-26)25-18-21(27-15-6-7-16-27)19-8-10-20(28-2)11-9-19/h8-11,21H,3-7,12-18H2,1-2H3,(H2,23,24,25). The van der Waals surface area contributed by atoms with Crippen molar-refractivity contribution >= 4 is 5.96 Å². The first kappa shape index (κ1) is 20.9. The Hall–Kier alpha value is -1.79. The highest BCUT2D eigenvalue weighted by Crippen LogP contribution is 2.26. The van der Waals surface area contributed by atoms with Gasteiger partial charge in [0, 0.05) is 26.7 Å². The van der Waals surface area contributed by atoms with Gasteiger partial charge in [0.25, 0.3) is 0 Å². The molecule has 6 heteroatoms. The maximum atomic E-state index is 5.32. The van der Waals surface area contributed by atoms with Gasteiger partial charge in [-0.15, -0.1) is 0 Å². The Balaban J connectivity index is 1.52. The summed E-state index contributed by atoms with van der Waals surface area (Å²) in [5.41, 5.74) is 1.33. The van der Waals surface area contributed by atoms with Crippen molar-refractivity contribution in [1.29, 1.82) is 0 Å². The van der Waals surface area contributed by atoms with Gasteiger partial charge >= 0.3 is 0 Å². The fourth-order valence-corrected chi connectivity index (χ4v) is 4.27. The molecule has 1 atom stereocenters. The van der Waals surface area contributed by atoms with Crippen molar-refractivity contribution in [2.24, 2.45) is 4.99 Å². The van der Waals surface area contributed by atoms with Gasteiger partial charge in [-0.1, -0.05) is 18.6 Å². The van der Waals surface area contributed by atoms with Crippen molar-refractivity contribution in [3.8, 4) is 5.75 Å². The number of hydrogen-bond acceptors (Lipinski definition) is 4. The predicted molar refractivity (Wildman–Crippen MR) is 116 cm³/mol. The molecule has 1 unspecified atom stereocenters. The van der Waals surface area contributed by atoms with Crippen LogP contribution >= 0.6 is 0 Å². The number of piperidine rings is 1. The first-order chi connectivity index (χ1) is 13.8. The lowest BCUT2D eigenvalue weighted by molar-refractivity contribution is 0.231. The van der Waals surface area contributed by atoms with E-state index in [1.54, 1.807) is 7.11 Å². The minimum Gasteiger partial charge on any atom is -0.497 e. The minimum atomic E-state index is 0.356. The number of methoxy groups -OCH3 is 1. The zero-order chi connectivity index (χ0) is 19.6. The van der Waals surface area contributed by atoms with Crippen molar-refractivity contribution in [3.05, 3.63) is 29.8 Å². The smallest absolute Gasteiger partial charge is 0.191 e. The number of guanidine groups is 1. The molecule has 28 heavy (non-hydrogen) atoms. The number of aliphatic imine (C=N–C) groups is 1. The van der Waals surface area contributed by atoms with E-state index in [1.807, 2.05) is 7.05 Å². The highest BCUT2D eigenvalue weighted by Gasteiger charge is 2.23. The third-order valence-electron chi connectivity index (χ3n) is 5.94. The monoisotopic (exact) mass is 387 g/mol.